The lowest BCUT2D eigenvalue weighted by molar-refractivity contribution is 0.683. The van der Waals surface area contributed by atoms with Crippen LogP contribution in [-0.2, 0) is 0 Å². The van der Waals surface area contributed by atoms with Gasteiger partial charge in [-0.3, -0.25) is 0 Å². The Hall–Kier alpha value is -1.32. The van der Waals surface area contributed by atoms with E-state index in [1.807, 2.05) is 42.8 Å². The molecule has 0 saturated carbocycles. The summed E-state index contributed by atoms with van der Waals surface area (Å²) in [6.07, 6.45) is 0.893. The van der Waals surface area contributed by atoms with Crippen molar-refractivity contribution in [3.8, 4) is 5.69 Å². The molecule has 2 aromatic rings. The molecule has 96 valence electrons. The molecule has 18 heavy (non-hydrogen) atoms. The summed E-state index contributed by atoms with van der Waals surface area (Å²) in [6, 6.07) is 8.09. The zero-order chi connectivity index (χ0) is 13.3. The van der Waals surface area contributed by atoms with Gasteiger partial charge in [-0.25, -0.2) is 4.68 Å². The third-order valence-corrected chi connectivity index (χ3v) is 3.75. The number of nitrogens with two attached hydrogens (primary N) is 1. The number of aromatic nitrogens is 2. The van der Waals surface area contributed by atoms with E-state index in [2.05, 4.69) is 12.0 Å². The lowest BCUT2D eigenvalue weighted by atomic mass is 10.0. The molecule has 0 aliphatic heterocycles. The topological polar surface area (TPSA) is 43.8 Å². The summed E-state index contributed by atoms with van der Waals surface area (Å²) >= 11 is 6.20. The summed E-state index contributed by atoms with van der Waals surface area (Å²) < 4.78 is 1.88. The first kappa shape index (κ1) is 13.1. The molecule has 0 radical (unpaired) electrons. The molecule has 0 aliphatic rings. The standard InChI is InChI=1S/C14H18ClN3/c1-4-12(16)11-7-5-6-8-13(11)18-10(3)14(15)9(2)17-18/h5-8,12H,4,16H2,1-3H3/t12-/m0/s1. The third kappa shape index (κ3) is 2.16. The minimum Gasteiger partial charge on any atom is -0.324 e. The molecule has 0 aliphatic carbocycles. The molecule has 0 amide bonds. The highest BCUT2D eigenvalue weighted by atomic mass is 35.5. The summed E-state index contributed by atoms with van der Waals surface area (Å²) in [6.45, 7) is 5.96. The number of aryl methyl sites for hydroxylation is 1. The van der Waals surface area contributed by atoms with Crippen molar-refractivity contribution >= 4 is 11.6 Å². The molecule has 1 heterocycles. The van der Waals surface area contributed by atoms with Gasteiger partial charge in [0.2, 0.25) is 0 Å². The van der Waals surface area contributed by atoms with Crippen LogP contribution in [0.25, 0.3) is 5.69 Å². The first-order chi connectivity index (χ1) is 8.56. The Balaban J connectivity index is 2.60. The molecule has 0 spiro atoms. The third-order valence-electron chi connectivity index (χ3n) is 3.21. The van der Waals surface area contributed by atoms with Crippen LogP contribution in [0.3, 0.4) is 0 Å². The molecule has 4 heteroatoms. The molecule has 0 bridgehead atoms. The second kappa shape index (κ2) is 5.12. The van der Waals surface area contributed by atoms with E-state index < -0.39 is 0 Å². The lowest BCUT2D eigenvalue weighted by Crippen LogP contribution is -2.13. The lowest BCUT2D eigenvalue weighted by Gasteiger charge is -2.15. The highest BCUT2D eigenvalue weighted by Gasteiger charge is 2.15. The predicted molar refractivity (Wildman–Crippen MR) is 75.3 cm³/mol. The van der Waals surface area contributed by atoms with Gasteiger partial charge in [-0.15, -0.1) is 0 Å². The van der Waals surface area contributed by atoms with Crippen LogP contribution in [0, 0.1) is 13.8 Å². The van der Waals surface area contributed by atoms with E-state index in [-0.39, 0.29) is 6.04 Å². The van der Waals surface area contributed by atoms with Crippen LogP contribution in [0.4, 0.5) is 0 Å². The second-order valence-corrected chi connectivity index (χ2v) is 4.85. The maximum Gasteiger partial charge on any atom is 0.0848 e. The Morgan fingerprint density at radius 1 is 1.33 bits per heavy atom. The van der Waals surface area contributed by atoms with Crippen LogP contribution in [0.2, 0.25) is 5.02 Å². The fraction of sp³-hybridized carbons (Fsp3) is 0.357. The van der Waals surface area contributed by atoms with E-state index in [0.29, 0.717) is 0 Å². The molecule has 0 saturated heterocycles. The monoisotopic (exact) mass is 263 g/mol. The molecule has 1 aromatic carbocycles. The van der Waals surface area contributed by atoms with Crippen LogP contribution in [0.15, 0.2) is 24.3 Å². The zero-order valence-electron chi connectivity index (χ0n) is 10.9. The minimum atomic E-state index is 0.0175. The fourth-order valence-electron chi connectivity index (χ4n) is 2.07. The molecule has 2 rings (SSSR count). The highest BCUT2D eigenvalue weighted by molar-refractivity contribution is 6.31. The molecule has 0 fully saturated rings. The van der Waals surface area contributed by atoms with Crippen molar-refractivity contribution in [2.75, 3.05) is 0 Å². The van der Waals surface area contributed by atoms with Gasteiger partial charge in [0.15, 0.2) is 0 Å². The molecule has 3 nitrogen and oxygen atoms in total. The molecule has 1 aromatic heterocycles. The number of halogens is 1. The van der Waals surface area contributed by atoms with Crippen molar-refractivity contribution < 1.29 is 0 Å². The van der Waals surface area contributed by atoms with Gasteiger partial charge in [-0.1, -0.05) is 36.7 Å². The van der Waals surface area contributed by atoms with E-state index in [1.54, 1.807) is 0 Å². The number of hydrogen-bond donors (Lipinski definition) is 1. The van der Waals surface area contributed by atoms with Gasteiger partial charge in [-0.05, 0) is 31.9 Å². The van der Waals surface area contributed by atoms with Crippen molar-refractivity contribution in [2.24, 2.45) is 5.73 Å². The molecule has 1 atom stereocenters. The van der Waals surface area contributed by atoms with Crippen LogP contribution in [-0.4, -0.2) is 9.78 Å². The number of rotatable bonds is 3. The van der Waals surface area contributed by atoms with Crippen molar-refractivity contribution in [1.82, 2.24) is 9.78 Å². The first-order valence-electron chi connectivity index (χ1n) is 6.12. The van der Waals surface area contributed by atoms with Gasteiger partial charge in [0.05, 0.1) is 22.1 Å². The van der Waals surface area contributed by atoms with Gasteiger partial charge < -0.3 is 5.73 Å². The average Bonchev–Trinajstić information content (AvgIpc) is 2.65. The van der Waals surface area contributed by atoms with Crippen molar-refractivity contribution in [3.05, 3.63) is 46.2 Å². The van der Waals surface area contributed by atoms with Gasteiger partial charge in [0.25, 0.3) is 0 Å². The Morgan fingerprint density at radius 3 is 2.56 bits per heavy atom. The molecule has 2 N–H and O–H groups in total. The van der Waals surface area contributed by atoms with Gasteiger partial charge >= 0.3 is 0 Å². The van der Waals surface area contributed by atoms with Crippen molar-refractivity contribution in [3.63, 3.8) is 0 Å². The Morgan fingerprint density at radius 2 is 2.00 bits per heavy atom. The van der Waals surface area contributed by atoms with E-state index >= 15 is 0 Å². The van der Waals surface area contributed by atoms with E-state index in [1.165, 1.54) is 0 Å². The van der Waals surface area contributed by atoms with Crippen LogP contribution in [0.5, 0.6) is 0 Å². The largest absolute Gasteiger partial charge is 0.324 e. The quantitative estimate of drug-likeness (QED) is 0.920. The highest BCUT2D eigenvalue weighted by Crippen LogP contribution is 2.27. The smallest absolute Gasteiger partial charge is 0.0848 e. The molecular weight excluding hydrogens is 246 g/mol. The SMILES string of the molecule is CC[C@H](N)c1ccccc1-n1nc(C)c(Cl)c1C. The average molecular weight is 264 g/mol. The number of nitrogens with zero attached hydrogens (tertiary/aromatic N) is 2. The number of para-hydroxylation sites is 1. The second-order valence-electron chi connectivity index (χ2n) is 4.47. The predicted octanol–water partition coefficient (Wildman–Crippen LogP) is 3.55. The molecule has 0 unspecified atom stereocenters. The summed E-state index contributed by atoms with van der Waals surface area (Å²) in [5.74, 6) is 0. The normalized spacial score (nSPS) is 12.7. The van der Waals surface area contributed by atoms with Crippen LogP contribution >= 0.6 is 11.6 Å². The van der Waals surface area contributed by atoms with Crippen molar-refractivity contribution in [1.29, 1.82) is 0 Å². The zero-order valence-corrected chi connectivity index (χ0v) is 11.7. The van der Waals surface area contributed by atoms with E-state index in [4.69, 9.17) is 17.3 Å². The maximum atomic E-state index is 6.20. The summed E-state index contributed by atoms with van der Waals surface area (Å²) in [4.78, 5) is 0. The maximum absolute atomic E-state index is 6.20. The van der Waals surface area contributed by atoms with Gasteiger partial charge in [0, 0.05) is 6.04 Å². The Kier molecular flexibility index (Phi) is 3.73. The summed E-state index contributed by atoms with van der Waals surface area (Å²) in [7, 11) is 0. The summed E-state index contributed by atoms with van der Waals surface area (Å²) in [5, 5.41) is 5.20. The van der Waals surface area contributed by atoms with Crippen LogP contribution in [0.1, 0.15) is 36.3 Å². The Labute approximate surface area is 113 Å². The van der Waals surface area contributed by atoms with Crippen molar-refractivity contribution in [2.45, 2.75) is 33.2 Å². The Bertz CT molecular complexity index is 560. The van der Waals surface area contributed by atoms with Gasteiger partial charge in [0.1, 0.15) is 0 Å². The number of benzene rings is 1. The van der Waals surface area contributed by atoms with Gasteiger partial charge in [-0.2, -0.15) is 5.10 Å². The molecular formula is C14H18ClN3. The fourth-order valence-corrected chi connectivity index (χ4v) is 2.19. The summed E-state index contributed by atoms with van der Waals surface area (Å²) in [5.41, 5.74) is 10.1. The number of hydrogen-bond acceptors (Lipinski definition) is 2. The van der Waals surface area contributed by atoms with E-state index in [9.17, 15) is 0 Å². The first-order valence-corrected chi connectivity index (χ1v) is 6.50. The van der Waals surface area contributed by atoms with Crippen LogP contribution < -0.4 is 5.73 Å². The minimum absolute atomic E-state index is 0.0175. The van der Waals surface area contributed by atoms with E-state index in [0.717, 1.165) is 34.1 Å².